The SMILES string of the molecule is C[C@@H](O)Cc1ccc2[nH]ccc2c1. The van der Waals surface area contributed by atoms with Crippen molar-refractivity contribution in [2.24, 2.45) is 0 Å². The lowest BCUT2D eigenvalue weighted by Gasteiger charge is -2.03. The van der Waals surface area contributed by atoms with Gasteiger partial charge in [0, 0.05) is 11.7 Å². The van der Waals surface area contributed by atoms with Crippen LogP contribution in [-0.2, 0) is 6.42 Å². The molecule has 1 heterocycles. The number of aliphatic hydroxyl groups is 1. The van der Waals surface area contributed by atoms with Gasteiger partial charge in [-0.25, -0.2) is 0 Å². The Hall–Kier alpha value is -1.28. The van der Waals surface area contributed by atoms with Crippen LogP contribution in [0.2, 0.25) is 0 Å². The van der Waals surface area contributed by atoms with Gasteiger partial charge in [0.15, 0.2) is 0 Å². The maximum absolute atomic E-state index is 9.22. The van der Waals surface area contributed by atoms with Crippen LogP contribution in [0.15, 0.2) is 30.5 Å². The fraction of sp³-hybridized carbons (Fsp3) is 0.273. The molecule has 0 aliphatic heterocycles. The Morgan fingerprint density at radius 3 is 3.00 bits per heavy atom. The van der Waals surface area contributed by atoms with Crippen LogP contribution in [0.1, 0.15) is 12.5 Å². The summed E-state index contributed by atoms with van der Waals surface area (Å²) in [4.78, 5) is 3.14. The summed E-state index contributed by atoms with van der Waals surface area (Å²) in [5.41, 5.74) is 2.33. The number of nitrogens with one attached hydrogen (secondary N) is 1. The molecule has 2 nitrogen and oxygen atoms in total. The molecule has 1 aromatic carbocycles. The first kappa shape index (κ1) is 8.32. The molecule has 0 amide bonds. The molecule has 1 aromatic heterocycles. The number of aromatic nitrogens is 1. The first-order valence-electron chi connectivity index (χ1n) is 4.50. The Bertz CT molecular complexity index is 403. The zero-order valence-electron chi connectivity index (χ0n) is 7.62. The van der Waals surface area contributed by atoms with Gasteiger partial charge in [0.1, 0.15) is 0 Å². The van der Waals surface area contributed by atoms with E-state index in [2.05, 4.69) is 11.1 Å². The number of aromatic amines is 1. The summed E-state index contributed by atoms with van der Waals surface area (Å²) in [6.07, 6.45) is 2.38. The lowest BCUT2D eigenvalue weighted by Crippen LogP contribution is -2.03. The predicted octanol–water partition coefficient (Wildman–Crippen LogP) is 2.09. The summed E-state index contributed by atoms with van der Waals surface area (Å²) in [5.74, 6) is 0. The summed E-state index contributed by atoms with van der Waals surface area (Å²) in [6.45, 7) is 1.81. The molecule has 0 radical (unpaired) electrons. The summed E-state index contributed by atoms with van der Waals surface area (Å²) in [5, 5.41) is 10.4. The molecule has 0 spiro atoms. The normalized spacial score (nSPS) is 13.4. The van der Waals surface area contributed by atoms with E-state index in [1.807, 2.05) is 24.4 Å². The summed E-state index contributed by atoms with van der Waals surface area (Å²) >= 11 is 0. The molecule has 0 unspecified atom stereocenters. The van der Waals surface area contributed by atoms with E-state index < -0.39 is 0 Å². The van der Waals surface area contributed by atoms with E-state index in [1.165, 1.54) is 10.9 Å². The quantitative estimate of drug-likeness (QED) is 0.720. The number of rotatable bonds is 2. The van der Waals surface area contributed by atoms with Gasteiger partial charge in [-0.1, -0.05) is 6.07 Å². The molecule has 0 fully saturated rings. The van der Waals surface area contributed by atoms with Gasteiger partial charge in [-0.2, -0.15) is 0 Å². The van der Waals surface area contributed by atoms with Crippen LogP contribution in [-0.4, -0.2) is 16.2 Å². The zero-order valence-corrected chi connectivity index (χ0v) is 7.62. The van der Waals surface area contributed by atoms with Gasteiger partial charge in [0.2, 0.25) is 0 Å². The standard InChI is InChI=1S/C11H13NO/c1-8(13)6-9-2-3-11-10(7-9)4-5-12-11/h2-5,7-8,12-13H,6H2,1H3/t8-/m1/s1. The predicted molar refractivity (Wildman–Crippen MR) is 53.7 cm³/mol. The molecule has 0 aliphatic rings. The number of benzene rings is 1. The Morgan fingerprint density at radius 1 is 1.38 bits per heavy atom. The van der Waals surface area contributed by atoms with Gasteiger partial charge in [-0.15, -0.1) is 0 Å². The molecule has 13 heavy (non-hydrogen) atoms. The van der Waals surface area contributed by atoms with Crippen molar-refractivity contribution in [1.82, 2.24) is 4.98 Å². The topological polar surface area (TPSA) is 36.0 Å². The largest absolute Gasteiger partial charge is 0.393 e. The van der Waals surface area contributed by atoms with Crippen LogP contribution < -0.4 is 0 Å². The Labute approximate surface area is 77.2 Å². The van der Waals surface area contributed by atoms with Crippen molar-refractivity contribution in [3.63, 3.8) is 0 Å². The average Bonchev–Trinajstić information content (AvgIpc) is 2.49. The lowest BCUT2D eigenvalue weighted by atomic mass is 10.1. The number of H-pyrrole nitrogens is 1. The first-order chi connectivity index (χ1) is 6.25. The van der Waals surface area contributed by atoms with Crippen molar-refractivity contribution in [2.75, 3.05) is 0 Å². The molecule has 2 aromatic rings. The van der Waals surface area contributed by atoms with Crippen molar-refractivity contribution in [3.8, 4) is 0 Å². The summed E-state index contributed by atoms with van der Waals surface area (Å²) in [6, 6.07) is 8.25. The highest BCUT2D eigenvalue weighted by Gasteiger charge is 2.00. The number of hydrogen-bond donors (Lipinski definition) is 2. The highest BCUT2D eigenvalue weighted by Crippen LogP contribution is 2.15. The minimum Gasteiger partial charge on any atom is -0.393 e. The Balaban J connectivity index is 2.37. The molecule has 2 heteroatoms. The molecule has 0 saturated carbocycles. The van der Waals surface area contributed by atoms with E-state index in [9.17, 15) is 5.11 Å². The van der Waals surface area contributed by atoms with Crippen molar-refractivity contribution >= 4 is 10.9 Å². The summed E-state index contributed by atoms with van der Waals surface area (Å²) < 4.78 is 0. The van der Waals surface area contributed by atoms with Crippen molar-refractivity contribution in [3.05, 3.63) is 36.0 Å². The van der Waals surface area contributed by atoms with E-state index in [4.69, 9.17) is 0 Å². The van der Waals surface area contributed by atoms with Crippen LogP contribution >= 0.6 is 0 Å². The van der Waals surface area contributed by atoms with Crippen LogP contribution in [0, 0.1) is 0 Å². The van der Waals surface area contributed by atoms with E-state index in [0.717, 1.165) is 11.9 Å². The lowest BCUT2D eigenvalue weighted by molar-refractivity contribution is 0.195. The molecular weight excluding hydrogens is 162 g/mol. The highest BCUT2D eigenvalue weighted by atomic mass is 16.3. The van der Waals surface area contributed by atoms with E-state index in [1.54, 1.807) is 6.92 Å². The number of fused-ring (bicyclic) bond motifs is 1. The second-order valence-electron chi connectivity index (χ2n) is 3.45. The molecule has 0 saturated heterocycles. The van der Waals surface area contributed by atoms with Gasteiger partial charge in [-0.05, 0) is 42.5 Å². The van der Waals surface area contributed by atoms with E-state index in [0.29, 0.717) is 0 Å². The van der Waals surface area contributed by atoms with E-state index in [-0.39, 0.29) is 6.10 Å². The van der Waals surface area contributed by atoms with Gasteiger partial charge < -0.3 is 10.1 Å². The molecular formula is C11H13NO. The van der Waals surface area contributed by atoms with Crippen molar-refractivity contribution in [2.45, 2.75) is 19.4 Å². The summed E-state index contributed by atoms with van der Waals surface area (Å²) in [7, 11) is 0. The minimum atomic E-state index is -0.267. The molecule has 1 atom stereocenters. The number of hydrogen-bond acceptors (Lipinski definition) is 1. The molecule has 0 bridgehead atoms. The maximum Gasteiger partial charge on any atom is 0.0552 e. The molecule has 2 N–H and O–H groups in total. The molecule has 0 aliphatic carbocycles. The van der Waals surface area contributed by atoms with Crippen molar-refractivity contribution in [1.29, 1.82) is 0 Å². The minimum absolute atomic E-state index is 0.267. The monoisotopic (exact) mass is 175 g/mol. The van der Waals surface area contributed by atoms with Crippen LogP contribution in [0.25, 0.3) is 10.9 Å². The third-order valence-corrected chi connectivity index (χ3v) is 2.15. The zero-order chi connectivity index (χ0) is 9.26. The fourth-order valence-corrected chi connectivity index (χ4v) is 1.57. The maximum atomic E-state index is 9.22. The Kier molecular flexibility index (Phi) is 2.07. The fourth-order valence-electron chi connectivity index (χ4n) is 1.57. The van der Waals surface area contributed by atoms with Crippen LogP contribution in [0.3, 0.4) is 0 Å². The van der Waals surface area contributed by atoms with Gasteiger partial charge >= 0.3 is 0 Å². The van der Waals surface area contributed by atoms with Gasteiger partial charge in [0.25, 0.3) is 0 Å². The molecule has 2 rings (SSSR count). The van der Waals surface area contributed by atoms with Gasteiger partial charge in [-0.3, -0.25) is 0 Å². The third-order valence-electron chi connectivity index (χ3n) is 2.15. The van der Waals surface area contributed by atoms with Crippen LogP contribution in [0.5, 0.6) is 0 Å². The third kappa shape index (κ3) is 1.73. The number of aliphatic hydroxyl groups excluding tert-OH is 1. The average molecular weight is 175 g/mol. The molecule has 68 valence electrons. The van der Waals surface area contributed by atoms with E-state index >= 15 is 0 Å². The Morgan fingerprint density at radius 2 is 2.23 bits per heavy atom. The van der Waals surface area contributed by atoms with Crippen molar-refractivity contribution < 1.29 is 5.11 Å². The highest BCUT2D eigenvalue weighted by molar-refractivity contribution is 5.79. The van der Waals surface area contributed by atoms with Gasteiger partial charge in [0.05, 0.1) is 6.10 Å². The second kappa shape index (κ2) is 3.23. The second-order valence-corrected chi connectivity index (χ2v) is 3.45. The smallest absolute Gasteiger partial charge is 0.0552 e. The first-order valence-corrected chi connectivity index (χ1v) is 4.50. The van der Waals surface area contributed by atoms with Crippen LogP contribution in [0.4, 0.5) is 0 Å².